The van der Waals surface area contributed by atoms with Gasteiger partial charge in [-0.15, -0.1) is 0 Å². The average molecular weight is 320 g/mol. The van der Waals surface area contributed by atoms with Crippen molar-refractivity contribution in [1.29, 1.82) is 0 Å². The number of nitrogens with one attached hydrogen (secondary N) is 1. The average Bonchev–Trinajstić information content (AvgIpc) is 2.97. The van der Waals surface area contributed by atoms with Gasteiger partial charge in [-0.2, -0.15) is 9.78 Å². The molecule has 118 valence electrons. The Bertz CT molecular complexity index is 1140. The van der Waals surface area contributed by atoms with Gasteiger partial charge in [0.1, 0.15) is 23.2 Å². The van der Waals surface area contributed by atoms with Gasteiger partial charge in [0.2, 0.25) is 0 Å². The summed E-state index contributed by atoms with van der Waals surface area (Å²) in [4.78, 5) is 20.1. The minimum absolute atomic E-state index is 0.283. The zero-order valence-corrected chi connectivity index (χ0v) is 12.8. The van der Waals surface area contributed by atoms with Crippen molar-refractivity contribution in [3.63, 3.8) is 0 Å². The van der Waals surface area contributed by atoms with Crippen molar-refractivity contribution in [1.82, 2.24) is 14.6 Å². The number of aromatic nitrogens is 3. The fourth-order valence-corrected chi connectivity index (χ4v) is 2.73. The summed E-state index contributed by atoms with van der Waals surface area (Å²) in [6.45, 7) is 1.98. The Labute approximate surface area is 136 Å². The minimum Gasteiger partial charge on any atom is -0.349 e. The lowest BCUT2D eigenvalue weighted by atomic mass is 10.1. The van der Waals surface area contributed by atoms with Crippen LogP contribution in [-0.2, 0) is 0 Å². The van der Waals surface area contributed by atoms with Gasteiger partial charge in [-0.3, -0.25) is 4.79 Å². The topological polar surface area (TPSA) is 63.0 Å². The first-order chi connectivity index (χ1) is 11.6. The summed E-state index contributed by atoms with van der Waals surface area (Å²) < 4.78 is 14.1. The Morgan fingerprint density at radius 1 is 1.21 bits per heavy atom. The summed E-state index contributed by atoms with van der Waals surface area (Å²) in [6, 6.07) is 11.7. The number of aromatic amines is 1. The molecule has 2 aromatic heterocycles. The monoisotopic (exact) mass is 320 g/mol. The third-order valence-electron chi connectivity index (χ3n) is 3.93. The molecule has 0 spiro atoms. The summed E-state index contributed by atoms with van der Waals surface area (Å²) in [5.74, 6) is -0.319. The van der Waals surface area contributed by atoms with E-state index in [1.165, 1.54) is 24.7 Å². The molecule has 4 rings (SSSR count). The summed E-state index contributed by atoms with van der Waals surface area (Å²) in [5.41, 5.74) is 3.39. The normalized spacial score (nSPS) is 11.8. The van der Waals surface area contributed by atoms with Crippen LogP contribution in [0.1, 0.15) is 11.1 Å². The number of benzene rings is 2. The SMILES string of the molecule is Cc1cccc2[nH]c3c(=O)n(N=Cc4ccc(F)cc4)cnc3c12. The smallest absolute Gasteiger partial charge is 0.298 e. The number of H-pyrrole nitrogens is 1. The molecule has 2 heterocycles. The number of nitrogens with zero attached hydrogens (tertiary/aromatic N) is 3. The van der Waals surface area contributed by atoms with Gasteiger partial charge in [-0.1, -0.05) is 24.3 Å². The van der Waals surface area contributed by atoms with E-state index in [2.05, 4.69) is 15.1 Å². The quantitative estimate of drug-likeness (QED) is 0.576. The molecule has 0 unspecified atom stereocenters. The highest BCUT2D eigenvalue weighted by Crippen LogP contribution is 2.24. The number of hydrogen-bond donors (Lipinski definition) is 1. The first-order valence-electron chi connectivity index (χ1n) is 7.42. The molecule has 0 saturated heterocycles. The van der Waals surface area contributed by atoms with Crippen LogP contribution in [0.4, 0.5) is 4.39 Å². The van der Waals surface area contributed by atoms with Crippen molar-refractivity contribution in [2.75, 3.05) is 0 Å². The highest BCUT2D eigenvalue weighted by Gasteiger charge is 2.11. The zero-order chi connectivity index (χ0) is 16.7. The van der Waals surface area contributed by atoms with Crippen LogP contribution in [-0.4, -0.2) is 20.9 Å². The molecule has 0 radical (unpaired) electrons. The van der Waals surface area contributed by atoms with Crippen LogP contribution in [0, 0.1) is 12.7 Å². The predicted octanol–water partition coefficient (Wildman–Crippen LogP) is 3.21. The van der Waals surface area contributed by atoms with Gasteiger partial charge in [0, 0.05) is 10.9 Å². The van der Waals surface area contributed by atoms with Gasteiger partial charge < -0.3 is 4.98 Å². The number of halogens is 1. The van der Waals surface area contributed by atoms with E-state index >= 15 is 0 Å². The lowest BCUT2D eigenvalue weighted by Gasteiger charge is -1.98. The first kappa shape index (κ1) is 14.3. The fraction of sp³-hybridized carbons (Fsp3) is 0.0556. The molecular formula is C18H13FN4O. The molecule has 0 fully saturated rings. The highest BCUT2D eigenvalue weighted by atomic mass is 19.1. The lowest BCUT2D eigenvalue weighted by molar-refractivity contribution is 0.628. The van der Waals surface area contributed by atoms with Crippen LogP contribution in [0.25, 0.3) is 21.9 Å². The standard InChI is InChI=1S/C18H13FN4O/c1-11-3-2-4-14-15(11)16-17(22-14)18(24)23(10-20-16)21-9-12-5-7-13(19)8-6-12/h2-10,22H,1H3. The first-order valence-corrected chi connectivity index (χ1v) is 7.42. The molecule has 0 aliphatic heterocycles. The molecule has 4 aromatic rings. The van der Waals surface area contributed by atoms with Gasteiger partial charge in [0.15, 0.2) is 0 Å². The molecule has 1 N–H and O–H groups in total. The van der Waals surface area contributed by atoms with Crippen molar-refractivity contribution in [3.05, 3.63) is 76.1 Å². The van der Waals surface area contributed by atoms with Gasteiger partial charge in [0.25, 0.3) is 5.56 Å². The summed E-state index contributed by atoms with van der Waals surface area (Å²) in [7, 11) is 0. The minimum atomic E-state index is -0.319. The largest absolute Gasteiger partial charge is 0.349 e. The third-order valence-corrected chi connectivity index (χ3v) is 3.93. The van der Waals surface area contributed by atoms with Crippen LogP contribution in [0.5, 0.6) is 0 Å². The molecular weight excluding hydrogens is 307 g/mol. The molecule has 0 saturated carbocycles. The molecule has 0 bridgehead atoms. The second-order valence-electron chi connectivity index (χ2n) is 5.54. The summed E-state index contributed by atoms with van der Waals surface area (Å²) in [5, 5.41) is 5.07. The molecule has 0 amide bonds. The van der Waals surface area contributed by atoms with E-state index in [1.54, 1.807) is 12.1 Å². The van der Waals surface area contributed by atoms with E-state index in [0.29, 0.717) is 16.6 Å². The van der Waals surface area contributed by atoms with Gasteiger partial charge >= 0.3 is 0 Å². The second-order valence-corrected chi connectivity index (χ2v) is 5.54. The van der Waals surface area contributed by atoms with Crippen molar-refractivity contribution in [2.45, 2.75) is 6.92 Å². The van der Waals surface area contributed by atoms with E-state index in [9.17, 15) is 9.18 Å². The van der Waals surface area contributed by atoms with Crippen molar-refractivity contribution < 1.29 is 4.39 Å². The molecule has 0 atom stereocenters. The van der Waals surface area contributed by atoms with Crippen LogP contribution in [0.15, 0.2) is 58.7 Å². The van der Waals surface area contributed by atoms with Crippen molar-refractivity contribution >= 4 is 28.2 Å². The molecule has 0 aliphatic rings. The maximum Gasteiger partial charge on any atom is 0.298 e. The summed E-state index contributed by atoms with van der Waals surface area (Å²) >= 11 is 0. The maximum atomic E-state index is 12.9. The van der Waals surface area contributed by atoms with Gasteiger partial charge in [-0.05, 0) is 36.2 Å². The molecule has 5 nitrogen and oxygen atoms in total. The van der Waals surface area contributed by atoms with E-state index in [0.717, 1.165) is 21.1 Å². The van der Waals surface area contributed by atoms with Crippen LogP contribution < -0.4 is 5.56 Å². The van der Waals surface area contributed by atoms with Gasteiger partial charge in [-0.25, -0.2) is 9.37 Å². The number of rotatable bonds is 2. The van der Waals surface area contributed by atoms with Crippen LogP contribution >= 0.6 is 0 Å². The third kappa shape index (κ3) is 2.28. The Balaban J connectivity index is 1.84. The Morgan fingerprint density at radius 3 is 2.79 bits per heavy atom. The molecule has 24 heavy (non-hydrogen) atoms. The molecule has 0 aliphatic carbocycles. The van der Waals surface area contributed by atoms with Crippen molar-refractivity contribution in [2.24, 2.45) is 5.10 Å². The predicted molar refractivity (Wildman–Crippen MR) is 92.0 cm³/mol. The van der Waals surface area contributed by atoms with Crippen molar-refractivity contribution in [3.8, 4) is 0 Å². The number of hydrogen-bond acceptors (Lipinski definition) is 3. The van der Waals surface area contributed by atoms with Gasteiger partial charge in [0.05, 0.1) is 6.21 Å². The van der Waals surface area contributed by atoms with E-state index in [4.69, 9.17) is 0 Å². The Kier molecular flexibility index (Phi) is 3.23. The number of fused-ring (bicyclic) bond motifs is 3. The summed E-state index contributed by atoms with van der Waals surface area (Å²) in [6.07, 6.45) is 2.88. The van der Waals surface area contributed by atoms with E-state index < -0.39 is 0 Å². The van der Waals surface area contributed by atoms with Crippen LogP contribution in [0.2, 0.25) is 0 Å². The fourth-order valence-electron chi connectivity index (χ4n) is 2.73. The highest BCUT2D eigenvalue weighted by molar-refractivity contribution is 6.06. The Hall–Kier alpha value is -3.28. The number of aryl methyl sites for hydroxylation is 1. The molecule has 2 aromatic carbocycles. The van der Waals surface area contributed by atoms with E-state index in [1.807, 2.05) is 25.1 Å². The molecule has 6 heteroatoms. The maximum absolute atomic E-state index is 12.9. The Morgan fingerprint density at radius 2 is 2.00 bits per heavy atom. The second kappa shape index (κ2) is 5.42. The lowest BCUT2D eigenvalue weighted by Crippen LogP contribution is -2.17. The zero-order valence-electron chi connectivity index (χ0n) is 12.8. The van der Waals surface area contributed by atoms with E-state index in [-0.39, 0.29) is 11.4 Å². The van der Waals surface area contributed by atoms with Crippen LogP contribution in [0.3, 0.4) is 0 Å².